The van der Waals surface area contributed by atoms with E-state index in [4.69, 9.17) is 0 Å². The Labute approximate surface area is 126 Å². The summed E-state index contributed by atoms with van der Waals surface area (Å²) >= 11 is 0. The van der Waals surface area contributed by atoms with Gasteiger partial charge in [-0.05, 0) is 36.1 Å². The molecule has 0 fully saturated rings. The number of benzene rings is 2. The molecule has 0 saturated heterocycles. The van der Waals surface area contributed by atoms with Crippen molar-refractivity contribution in [3.8, 4) is 0 Å². The summed E-state index contributed by atoms with van der Waals surface area (Å²) in [5.41, 5.74) is 5.70. The van der Waals surface area contributed by atoms with Crippen molar-refractivity contribution in [1.29, 1.82) is 0 Å². The lowest BCUT2D eigenvalue weighted by atomic mass is 9.93. The van der Waals surface area contributed by atoms with Crippen LogP contribution in [-0.2, 0) is 0 Å². The summed E-state index contributed by atoms with van der Waals surface area (Å²) in [5, 5.41) is 0. The fraction of sp³-hybridized carbons (Fsp3) is 0.200. The van der Waals surface area contributed by atoms with Crippen LogP contribution in [0.2, 0.25) is 0 Å². The van der Waals surface area contributed by atoms with Crippen molar-refractivity contribution in [1.82, 2.24) is 0 Å². The maximum Gasteiger partial charge on any atom is 0.0448 e. The minimum Gasteiger partial charge on any atom is -0.344 e. The van der Waals surface area contributed by atoms with Gasteiger partial charge in [-0.25, -0.2) is 0 Å². The Balaban J connectivity index is 1.77. The largest absolute Gasteiger partial charge is 0.344 e. The Hall–Kier alpha value is -2.28. The first kappa shape index (κ1) is 12.5. The first-order chi connectivity index (χ1) is 10.4. The highest BCUT2D eigenvalue weighted by molar-refractivity contribution is 5.66. The van der Waals surface area contributed by atoms with Crippen molar-refractivity contribution >= 4 is 5.69 Å². The van der Waals surface area contributed by atoms with Gasteiger partial charge in [-0.15, -0.1) is 0 Å². The van der Waals surface area contributed by atoms with Crippen LogP contribution >= 0.6 is 0 Å². The normalized spacial score (nSPS) is 20.3. The molecule has 0 bridgehead atoms. The molecular formula is C20H19N. The summed E-state index contributed by atoms with van der Waals surface area (Å²) < 4.78 is 0. The summed E-state index contributed by atoms with van der Waals surface area (Å²) in [4.78, 5) is 2.51. The number of fused-ring (bicyclic) bond motifs is 1. The predicted octanol–water partition coefficient (Wildman–Crippen LogP) is 4.87. The van der Waals surface area contributed by atoms with Crippen molar-refractivity contribution in [3.63, 3.8) is 0 Å². The molecule has 2 aliphatic rings. The Morgan fingerprint density at radius 1 is 0.905 bits per heavy atom. The second kappa shape index (κ2) is 5.25. The average Bonchev–Trinajstić information content (AvgIpc) is 2.96. The number of hydrogen-bond acceptors (Lipinski definition) is 1. The van der Waals surface area contributed by atoms with Gasteiger partial charge in [-0.3, -0.25) is 0 Å². The highest BCUT2D eigenvalue weighted by Gasteiger charge is 2.30. The van der Waals surface area contributed by atoms with Crippen molar-refractivity contribution < 1.29 is 0 Å². The van der Waals surface area contributed by atoms with E-state index in [1.54, 1.807) is 0 Å². The number of para-hydroxylation sites is 1. The third-order valence-electron chi connectivity index (χ3n) is 4.51. The molecule has 1 aliphatic carbocycles. The van der Waals surface area contributed by atoms with Crippen LogP contribution in [-0.4, -0.2) is 6.54 Å². The molecule has 2 aromatic rings. The fourth-order valence-corrected chi connectivity index (χ4v) is 3.46. The predicted molar refractivity (Wildman–Crippen MR) is 88.5 cm³/mol. The van der Waals surface area contributed by atoms with Gasteiger partial charge in [0.05, 0.1) is 0 Å². The van der Waals surface area contributed by atoms with E-state index >= 15 is 0 Å². The molecule has 1 aliphatic heterocycles. The minimum atomic E-state index is 0.481. The van der Waals surface area contributed by atoms with Crippen LogP contribution < -0.4 is 4.90 Å². The number of nitrogens with zero attached hydrogens (tertiary/aromatic N) is 1. The van der Waals surface area contributed by atoms with Gasteiger partial charge in [0.1, 0.15) is 0 Å². The van der Waals surface area contributed by atoms with Crippen LogP contribution in [0.1, 0.15) is 29.9 Å². The molecule has 1 nitrogen and oxygen atoms in total. The lowest BCUT2D eigenvalue weighted by Crippen LogP contribution is -2.22. The van der Waals surface area contributed by atoms with E-state index < -0.39 is 0 Å². The van der Waals surface area contributed by atoms with E-state index in [1.165, 1.54) is 22.5 Å². The summed E-state index contributed by atoms with van der Waals surface area (Å²) in [7, 11) is 0. The van der Waals surface area contributed by atoms with Gasteiger partial charge in [-0.2, -0.15) is 0 Å². The molecular weight excluding hydrogens is 254 g/mol. The molecule has 1 unspecified atom stereocenters. The number of hydrogen-bond donors (Lipinski definition) is 0. The van der Waals surface area contributed by atoms with Crippen LogP contribution in [0.4, 0.5) is 5.69 Å². The van der Waals surface area contributed by atoms with Crippen LogP contribution in [0.3, 0.4) is 0 Å². The molecule has 1 heteroatoms. The molecule has 0 N–H and O–H groups in total. The second-order valence-electron chi connectivity index (χ2n) is 5.76. The van der Waals surface area contributed by atoms with E-state index in [2.05, 4.69) is 77.7 Å². The van der Waals surface area contributed by atoms with Crippen molar-refractivity contribution in [2.75, 3.05) is 11.4 Å². The van der Waals surface area contributed by atoms with Gasteiger partial charge >= 0.3 is 0 Å². The van der Waals surface area contributed by atoms with Gasteiger partial charge < -0.3 is 4.90 Å². The molecule has 0 radical (unpaired) electrons. The summed E-state index contributed by atoms with van der Waals surface area (Å²) in [6.45, 7) is 1.06. The molecule has 1 heterocycles. The van der Waals surface area contributed by atoms with Crippen LogP contribution in [0.25, 0.3) is 0 Å². The summed E-state index contributed by atoms with van der Waals surface area (Å²) in [6, 6.07) is 19.7. The topological polar surface area (TPSA) is 3.24 Å². The first-order valence-electron chi connectivity index (χ1n) is 7.70. The van der Waals surface area contributed by atoms with Gasteiger partial charge in [0.25, 0.3) is 0 Å². The zero-order valence-corrected chi connectivity index (χ0v) is 12.1. The van der Waals surface area contributed by atoms with Gasteiger partial charge in [0.15, 0.2) is 0 Å². The summed E-state index contributed by atoms with van der Waals surface area (Å²) in [6.07, 6.45) is 9.01. The molecule has 4 rings (SSSR count). The Bertz CT molecular complexity index is 697. The molecule has 0 spiro atoms. The molecule has 0 aromatic heterocycles. The van der Waals surface area contributed by atoms with E-state index in [0.29, 0.717) is 5.92 Å². The Kier molecular flexibility index (Phi) is 3.11. The van der Waals surface area contributed by atoms with Gasteiger partial charge in [0, 0.05) is 23.8 Å². The lowest BCUT2D eigenvalue weighted by Gasteiger charge is -2.24. The lowest BCUT2D eigenvalue weighted by molar-refractivity contribution is 0.796. The van der Waals surface area contributed by atoms with Crippen LogP contribution in [0.15, 0.2) is 78.5 Å². The molecule has 104 valence electrons. The zero-order chi connectivity index (χ0) is 14.1. The average molecular weight is 273 g/mol. The van der Waals surface area contributed by atoms with Crippen molar-refractivity contribution in [2.24, 2.45) is 0 Å². The minimum absolute atomic E-state index is 0.481. The standard InChI is InChI=1S/C20H19N/c1-3-9-16(10-4-1)19-15-21(17-11-5-2-6-12-17)20-14-8-7-13-18(19)20/h1-5,7-11,13-14,19H,6,12,15H2. The quantitative estimate of drug-likeness (QED) is 0.754. The van der Waals surface area contributed by atoms with Gasteiger partial charge in [-0.1, -0.05) is 60.7 Å². The number of anilines is 1. The van der Waals surface area contributed by atoms with Crippen LogP contribution in [0.5, 0.6) is 0 Å². The second-order valence-corrected chi connectivity index (χ2v) is 5.76. The monoisotopic (exact) mass is 273 g/mol. The van der Waals surface area contributed by atoms with E-state index in [1.807, 2.05) is 0 Å². The van der Waals surface area contributed by atoms with E-state index in [9.17, 15) is 0 Å². The maximum absolute atomic E-state index is 2.51. The Morgan fingerprint density at radius 3 is 2.52 bits per heavy atom. The Morgan fingerprint density at radius 2 is 1.71 bits per heavy atom. The third-order valence-corrected chi connectivity index (χ3v) is 4.51. The number of rotatable bonds is 2. The van der Waals surface area contributed by atoms with Crippen molar-refractivity contribution in [3.05, 3.63) is 89.6 Å². The summed E-state index contributed by atoms with van der Waals surface area (Å²) in [5.74, 6) is 0.481. The zero-order valence-electron chi connectivity index (χ0n) is 12.1. The molecule has 1 atom stereocenters. The molecule has 2 aromatic carbocycles. The van der Waals surface area contributed by atoms with Crippen LogP contribution in [0, 0.1) is 0 Å². The molecule has 21 heavy (non-hydrogen) atoms. The van der Waals surface area contributed by atoms with Crippen molar-refractivity contribution in [2.45, 2.75) is 18.8 Å². The molecule has 0 saturated carbocycles. The highest BCUT2D eigenvalue weighted by Crippen LogP contribution is 2.42. The van der Waals surface area contributed by atoms with E-state index in [0.717, 1.165) is 19.4 Å². The SMILES string of the molecule is C1=CCCC(N2CC(c3ccccc3)c3ccccc32)=C1. The fourth-order valence-electron chi connectivity index (χ4n) is 3.46. The molecule has 0 amide bonds. The van der Waals surface area contributed by atoms with Gasteiger partial charge in [0.2, 0.25) is 0 Å². The maximum atomic E-state index is 2.51. The first-order valence-corrected chi connectivity index (χ1v) is 7.70. The third kappa shape index (κ3) is 2.19. The highest BCUT2D eigenvalue weighted by atomic mass is 15.2. The number of allylic oxidation sites excluding steroid dienone is 4. The smallest absolute Gasteiger partial charge is 0.0448 e. The van der Waals surface area contributed by atoms with E-state index in [-0.39, 0.29) is 0 Å².